The molecule has 2 nitrogen and oxygen atoms in total. The van der Waals surface area contributed by atoms with Gasteiger partial charge in [-0.25, -0.2) is 0 Å². The fraction of sp³-hybridized carbons (Fsp3) is 0.200. The lowest BCUT2D eigenvalue weighted by Crippen LogP contribution is -1.84. The molecule has 0 saturated carbocycles. The molecule has 0 aliphatic carbocycles. The first-order valence-corrected chi connectivity index (χ1v) is 6.21. The highest BCUT2D eigenvalue weighted by atomic mass is 32.2. The molecule has 1 aromatic carbocycles. The molecule has 0 amide bonds. The summed E-state index contributed by atoms with van der Waals surface area (Å²) in [5.74, 6) is 0.949. The lowest BCUT2D eigenvalue weighted by atomic mass is 10.2. The molecule has 2 N–H and O–H groups in total. The number of fused-ring (bicyclic) bond motifs is 1. The molecule has 0 saturated heterocycles. The van der Waals surface area contributed by atoms with Gasteiger partial charge in [0.2, 0.25) is 0 Å². The maximum Gasteiger partial charge on any atom is 0.151 e. The van der Waals surface area contributed by atoms with E-state index in [0.29, 0.717) is 0 Å². The molecule has 1 heterocycles. The number of ether oxygens (including phenoxy) is 1. The highest BCUT2D eigenvalue weighted by molar-refractivity contribution is 8.00. The molecule has 0 aliphatic heterocycles. The van der Waals surface area contributed by atoms with E-state index < -0.39 is 0 Å². The van der Waals surface area contributed by atoms with Crippen molar-refractivity contribution in [2.45, 2.75) is 4.21 Å². The van der Waals surface area contributed by atoms with Crippen molar-refractivity contribution in [3.05, 3.63) is 18.2 Å². The molecule has 0 unspecified atom stereocenters. The van der Waals surface area contributed by atoms with E-state index in [0.717, 1.165) is 21.5 Å². The van der Waals surface area contributed by atoms with Gasteiger partial charge in [-0.05, 0) is 18.4 Å². The topological polar surface area (TPSA) is 35.2 Å². The number of benzene rings is 1. The number of anilines is 1. The number of nitrogens with two attached hydrogens (primary N) is 1. The minimum Gasteiger partial charge on any atom is -0.494 e. The molecule has 0 atom stereocenters. The third-order valence-electron chi connectivity index (χ3n) is 2.06. The number of hydrogen-bond acceptors (Lipinski definition) is 4. The molecule has 1 aromatic heterocycles. The van der Waals surface area contributed by atoms with Gasteiger partial charge in [-0.15, -0.1) is 23.1 Å². The number of hydrogen-bond donors (Lipinski definition) is 1. The van der Waals surface area contributed by atoms with Gasteiger partial charge in [0.05, 0.1) is 11.8 Å². The van der Waals surface area contributed by atoms with E-state index in [4.69, 9.17) is 10.5 Å². The Bertz CT molecular complexity index is 464. The second-order valence-corrected chi connectivity index (χ2v) is 4.95. The third-order valence-corrected chi connectivity index (χ3v) is 4.40. The van der Waals surface area contributed by atoms with Crippen LogP contribution >= 0.6 is 23.1 Å². The van der Waals surface area contributed by atoms with Crippen molar-refractivity contribution >= 4 is 38.9 Å². The molecule has 2 aromatic rings. The van der Waals surface area contributed by atoms with Crippen molar-refractivity contribution in [3.63, 3.8) is 0 Å². The summed E-state index contributed by atoms with van der Waals surface area (Å²) in [6.07, 6.45) is 2.05. The van der Waals surface area contributed by atoms with Crippen molar-refractivity contribution in [2.24, 2.45) is 0 Å². The third kappa shape index (κ3) is 1.35. The minimum absolute atomic E-state index is 0.825. The van der Waals surface area contributed by atoms with Crippen LogP contribution in [-0.2, 0) is 0 Å². The van der Waals surface area contributed by atoms with Crippen molar-refractivity contribution in [2.75, 3.05) is 19.1 Å². The fourth-order valence-corrected chi connectivity index (χ4v) is 3.31. The van der Waals surface area contributed by atoms with Gasteiger partial charge in [0.1, 0.15) is 4.21 Å². The molecular formula is C10H11NOS2. The Morgan fingerprint density at radius 2 is 2.21 bits per heavy atom. The number of thiophene rings is 1. The zero-order chi connectivity index (χ0) is 10.1. The van der Waals surface area contributed by atoms with Crippen LogP contribution in [-0.4, -0.2) is 13.4 Å². The first-order chi connectivity index (χ1) is 6.77. The molecule has 0 aliphatic rings. The van der Waals surface area contributed by atoms with Crippen LogP contribution in [0.1, 0.15) is 0 Å². The summed E-state index contributed by atoms with van der Waals surface area (Å²) in [6, 6.07) is 5.92. The summed E-state index contributed by atoms with van der Waals surface area (Å²) in [7, 11) is 1.70. The molecule has 0 spiro atoms. The Kier molecular flexibility index (Phi) is 2.56. The molecule has 14 heavy (non-hydrogen) atoms. The van der Waals surface area contributed by atoms with Crippen molar-refractivity contribution in [1.29, 1.82) is 0 Å². The molecule has 0 fully saturated rings. The van der Waals surface area contributed by atoms with Gasteiger partial charge in [0.25, 0.3) is 0 Å². The molecule has 74 valence electrons. The molecular weight excluding hydrogens is 214 g/mol. The normalized spacial score (nSPS) is 10.7. The Morgan fingerprint density at radius 3 is 2.86 bits per heavy atom. The van der Waals surface area contributed by atoms with Gasteiger partial charge in [-0.2, -0.15) is 0 Å². The van der Waals surface area contributed by atoms with Gasteiger partial charge >= 0.3 is 0 Å². The molecule has 0 radical (unpaired) electrons. The van der Waals surface area contributed by atoms with E-state index in [1.54, 1.807) is 30.2 Å². The number of thioether (sulfide) groups is 1. The van der Waals surface area contributed by atoms with Crippen LogP contribution in [0.5, 0.6) is 5.75 Å². The highest BCUT2D eigenvalue weighted by Gasteiger charge is 2.12. The van der Waals surface area contributed by atoms with E-state index in [1.165, 1.54) is 4.21 Å². The standard InChI is InChI=1S/C10H11NOS2/c1-12-8-6-4-3-5-7(11)9(6)14-10(8)13-2/h3-5H,11H2,1-2H3. The van der Waals surface area contributed by atoms with Gasteiger partial charge in [-0.1, -0.05) is 6.07 Å². The van der Waals surface area contributed by atoms with Crippen molar-refractivity contribution in [3.8, 4) is 5.75 Å². The molecule has 0 bridgehead atoms. The first-order valence-electron chi connectivity index (χ1n) is 4.17. The predicted molar refractivity (Wildman–Crippen MR) is 64.6 cm³/mol. The second-order valence-electron chi connectivity index (χ2n) is 2.85. The van der Waals surface area contributed by atoms with Crippen molar-refractivity contribution in [1.82, 2.24) is 0 Å². The van der Waals surface area contributed by atoms with E-state index >= 15 is 0 Å². The Balaban J connectivity index is 2.79. The Hall–Kier alpha value is -0.870. The predicted octanol–water partition coefficient (Wildman–Crippen LogP) is 3.21. The Morgan fingerprint density at radius 1 is 1.43 bits per heavy atom. The SMILES string of the molecule is COc1c(SC)sc2c(N)cccc12. The lowest BCUT2D eigenvalue weighted by Gasteiger charge is -1.99. The summed E-state index contributed by atoms with van der Waals surface area (Å²) in [4.78, 5) is 0. The highest BCUT2D eigenvalue weighted by Crippen LogP contribution is 2.44. The Labute approximate surface area is 91.1 Å². The van der Waals surface area contributed by atoms with Crippen LogP contribution in [0.15, 0.2) is 22.4 Å². The monoisotopic (exact) mass is 225 g/mol. The smallest absolute Gasteiger partial charge is 0.151 e. The summed E-state index contributed by atoms with van der Waals surface area (Å²) in [5.41, 5.74) is 6.72. The minimum atomic E-state index is 0.825. The maximum absolute atomic E-state index is 5.89. The molecule has 4 heteroatoms. The molecule has 2 rings (SSSR count). The number of rotatable bonds is 2. The zero-order valence-corrected chi connectivity index (χ0v) is 9.67. The van der Waals surface area contributed by atoms with E-state index in [2.05, 4.69) is 0 Å². The summed E-state index contributed by atoms with van der Waals surface area (Å²) in [6.45, 7) is 0. The van der Waals surface area contributed by atoms with Crippen LogP contribution < -0.4 is 10.5 Å². The number of methoxy groups -OCH3 is 1. The largest absolute Gasteiger partial charge is 0.494 e. The van der Waals surface area contributed by atoms with Gasteiger partial charge in [-0.3, -0.25) is 0 Å². The maximum atomic E-state index is 5.89. The van der Waals surface area contributed by atoms with Gasteiger partial charge in [0, 0.05) is 11.1 Å². The van der Waals surface area contributed by atoms with E-state index in [1.807, 2.05) is 24.5 Å². The van der Waals surface area contributed by atoms with E-state index in [-0.39, 0.29) is 0 Å². The van der Waals surface area contributed by atoms with Crippen LogP contribution in [0.4, 0.5) is 5.69 Å². The summed E-state index contributed by atoms with van der Waals surface area (Å²) in [5, 5.41) is 1.11. The van der Waals surface area contributed by atoms with Crippen LogP contribution in [0.3, 0.4) is 0 Å². The average molecular weight is 225 g/mol. The number of nitrogen functional groups attached to an aromatic ring is 1. The summed E-state index contributed by atoms with van der Waals surface area (Å²) < 4.78 is 7.68. The van der Waals surface area contributed by atoms with Crippen LogP contribution in [0.2, 0.25) is 0 Å². The quantitative estimate of drug-likeness (QED) is 0.629. The lowest BCUT2D eigenvalue weighted by molar-refractivity contribution is 0.413. The fourth-order valence-electron chi connectivity index (χ4n) is 1.42. The van der Waals surface area contributed by atoms with Gasteiger partial charge < -0.3 is 10.5 Å². The van der Waals surface area contributed by atoms with Crippen molar-refractivity contribution < 1.29 is 4.74 Å². The second kappa shape index (κ2) is 3.71. The van der Waals surface area contributed by atoms with E-state index in [9.17, 15) is 0 Å². The average Bonchev–Trinajstić information content (AvgIpc) is 2.57. The zero-order valence-electron chi connectivity index (χ0n) is 8.03. The summed E-state index contributed by atoms with van der Waals surface area (Å²) >= 11 is 3.38. The van der Waals surface area contributed by atoms with Crippen LogP contribution in [0.25, 0.3) is 10.1 Å². The van der Waals surface area contributed by atoms with Gasteiger partial charge in [0.15, 0.2) is 5.75 Å². The first kappa shape index (κ1) is 9.68. The van der Waals surface area contributed by atoms with Crippen LogP contribution in [0, 0.1) is 0 Å².